The van der Waals surface area contributed by atoms with Gasteiger partial charge in [-0.25, -0.2) is 0 Å². The molecule has 2 nitrogen and oxygen atoms in total. The van der Waals surface area contributed by atoms with Gasteiger partial charge in [-0.3, -0.25) is 0 Å². The van der Waals surface area contributed by atoms with E-state index in [9.17, 15) is 0 Å². The quantitative estimate of drug-likeness (QED) is 0.873. The number of aliphatic hydroxyl groups excluding tert-OH is 1. The lowest BCUT2D eigenvalue weighted by Gasteiger charge is -2.16. The van der Waals surface area contributed by atoms with E-state index in [-0.39, 0.29) is 6.61 Å². The molecule has 1 atom stereocenters. The van der Waals surface area contributed by atoms with E-state index >= 15 is 0 Å². The maximum Gasteiger partial charge on any atom is 0.0682 e. The number of hydrogen-bond acceptors (Lipinski definition) is 2. The fourth-order valence-corrected chi connectivity index (χ4v) is 2.33. The average molecular weight is 320 g/mol. The van der Waals surface area contributed by atoms with Crippen LogP contribution in [0.3, 0.4) is 0 Å². The van der Waals surface area contributed by atoms with Gasteiger partial charge in [0, 0.05) is 16.2 Å². The molecule has 0 saturated heterocycles. The van der Waals surface area contributed by atoms with Gasteiger partial charge in [-0.1, -0.05) is 40.2 Å². The highest BCUT2D eigenvalue weighted by Crippen LogP contribution is 2.15. The van der Waals surface area contributed by atoms with Crippen LogP contribution in [-0.2, 0) is 13.0 Å². The molecule has 2 aromatic carbocycles. The van der Waals surface area contributed by atoms with E-state index in [2.05, 4.69) is 52.4 Å². The topological polar surface area (TPSA) is 32.3 Å². The minimum absolute atomic E-state index is 0.0800. The van der Waals surface area contributed by atoms with Crippen LogP contribution >= 0.6 is 15.9 Å². The minimum atomic E-state index is 0.0800. The summed E-state index contributed by atoms with van der Waals surface area (Å²) in [6.45, 7) is 2.24. The summed E-state index contributed by atoms with van der Waals surface area (Å²) in [6.07, 6.45) is 0.969. The highest BCUT2D eigenvalue weighted by atomic mass is 79.9. The second-order valence-corrected chi connectivity index (χ2v) is 5.65. The number of benzene rings is 2. The van der Waals surface area contributed by atoms with Crippen LogP contribution in [0.4, 0.5) is 5.69 Å². The van der Waals surface area contributed by atoms with Gasteiger partial charge in [0.25, 0.3) is 0 Å². The highest BCUT2D eigenvalue weighted by Gasteiger charge is 2.04. The summed E-state index contributed by atoms with van der Waals surface area (Å²) in [5, 5.41) is 12.6. The third kappa shape index (κ3) is 4.37. The first-order chi connectivity index (χ1) is 9.17. The number of aliphatic hydroxyl groups is 1. The Kier molecular flexibility index (Phi) is 5.00. The van der Waals surface area contributed by atoms with Crippen molar-refractivity contribution in [2.45, 2.75) is 26.0 Å². The summed E-state index contributed by atoms with van der Waals surface area (Å²) in [5.74, 6) is 0. The molecule has 100 valence electrons. The standard InChI is InChI=1S/C16H18BrNO/c1-12(9-13-5-7-15(17)8-6-13)18-16-4-2-3-14(10-16)11-19/h2-8,10,12,18-19H,9,11H2,1H3. The zero-order chi connectivity index (χ0) is 13.7. The Balaban J connectivity index is 1.96. The van der Waals surface area contributed by atoms with Crippen LogP contribution in [0.1, 0.15) is 18.1 Å². The van der Waals surface area contributed by atoms with Gasteiger partial charge in [0.05, 0.1) is 6.61 Å². The molecule has 0 amide bonds. The Bertz CT molecular complexity index is 525. The zero-order valence-corrected chi connectivity index (χ0v) is 12.5. The molecule has 0 saturated carbocycles. The van der Waals surface area contributed by atoms with Crippen LogP contribution in [0.15, 0.2) is 53.0 Å². The van der Waals surface area contributed by atoms with Crippen molar-refractivity contribution in [1.29, 1.82) is 0 Å². The van der Waals surface area contributed by atoms with Crippen molar-refractivity contribution in [2.24, 2.45) is 0 Å². The van der Waals surface area contributed by atoms with E-state index in [1.54, 1.807) is 0 Å². The highest BCUT2D eigenvalue weighted by molar-refractivity contribution is 9.10. The molecule has 0 fully saturated rings. The maximum absolute atomic E-state index is 9.13. The van der Waals surface area contributed by atoms with Gasteiger partial charge in [-0.15, -0.1) is 0 Å². The van der Waals surface area contributed by atoms with Crippen molar-refractivity contribution < 1.29 is 5.11 Å². The molecule has 3 heteroatoms. The van der Waals surface area contributed by atoms with Crippen molar-refractivity contribution in [3.63, 3.8) is 0 Å². The van der Waals surface area contributed by atoms with Crippen LogP contribution < -0.4 is 5.32 Å². The molecular formula is C16H18BrNO. The normalized spacial score (nSPS) is 12.2. The Labute approximate surface area is 122 Å². The molecule has 1 unspecified atom stereocenters. The fraction of sp³-hybridized carbons (Fsp3) is 0.250. The molecule has 0 aromatic heterocycles. The average Bonchev–Trinajstić information content (AvgIpc) is 2.41. The number of rotatable bonds is 5. The van der Waals surface area contributed by atoms with Gasteiger partial charge in [-0.05, 0) is 48.7 Å². The Hall–Kier alpha value is -1.32. The SMILES string of the molecule is CC(Cc1ccc(Br)cc1)Nc1cccc(CO)c1. The van der Waals surface area contributed by atoms with Gasteiger partial charge in [-0.2, -0.15) is 0 Å². The van der Waals surface area contributed by atoms with E-state index in [1.807, 2.05) is 24.3 Å². The first-order valence-electron chi connectivity index (χ1n) is 6.38. The third-order valence-corrected chi connectivity index (χ3v) is 3.51. The predicted molar refractivity (Wildman–Crippen MR) is 83.3 cm³/mol. The van der Waals surface area contributed by atoms with Gasteiger partial charge in [0.2, 0.25) is 0 Å². The summed E-state index contributed by atoms with van der Waals surface area (Å²) in [6, 6.07) is 16.6. The number of nitrogens with one attached hydrogen (secondary N) is 1. The molecule has 0 heterocycles. The third-order valence-electron chi connectivity index (χ3n) is 2.98. The molecule has 0 aliphatic rings. The van der Waals surface area contributed by atoms with Crippen LogP contribution in [0.2, 0.25) is 0 Å². The first-order valence-corrected chi connectivity index (χ1v) is 7.17. The van der Waals surface area contributed by atoms with Gasteiger partial charge in [0.1, 0.15) is 0 Å². The zero-order valence-electron chi connectivity index (χ0n) is 10.9. The number of anilines is 1. The molecule has 0 radical (unpaired) electrons. The molecule has 2 rings (SSSR count). The summed E-state index contributed by atoms with van der Waals surface area (Å²) in [7, 11) is 0. The monoisotopic (exact) mass is 319 g/mol. The minimum Gasteiger partial charge on any atom is -0.392 e. The molecular weight excluding hydrogens is 302 g/mol. The maximum atomic E-state index is 9.13. The van der Waals surface area contributed by atoms with Crippen LogP contribution in [0, 0.1) is 0 Å². The van der Waals surface area contributed by atoms with Crippen molar-refractivity contribution in [2.75, 3.05) is 5.32 Å². The summed E-state index contributed by atoms with van der Waals surface area (Å²) in [5.41, 5.74) is 3.29. The lowest BCUT2D eigenvalue weighted by atomic mass is 10.1. The van der Waals surface area contributed by atoms with Crippen molar-refractivity contribution in [3.8, 4) is 0 Å². The largest absolute Gasteiger partial charge is 0.392 e. The van der Waals surface area contributed by atoms with E-state index in [0.29, 0.717) is 6.04 Å². The Morgan fingerprint density at radius 3 is 2.53 bits per heavy atom. The molecule has 2 aromatic rings. The Morgan fingerprint density at radius 1 is 1.11 bits per heavy atom. The molecule has 0 aliphatic carbocycles. The molecule has 0 spiro atoms. The second-order valence-electron chi connectivity index (χ2n) is 4.73. The van der Waals surface area contributed by atoms with E-state index in [0.717, 1.165) is 22.1 Å². The smallest absolute Gasteiger partial charge is 0.0682 e. The molecule has 19 heavy (non-hydrogen) atoms. The van der Waals surface area contributed by atoms with Gasteiger partial charge < -0.3 is 10.4 Å². The van der Waals surface area contributed by atoms with Crippen LogP contribution in [0.25, 0.3) is 0 Å². The second kappa shape index (κ2) is 6.73. The van der Waals surface area contributed by atoms with Crippen molar-refractivity contribution in [1.82, 2.24) is 0 Å². The Morgan fingerprint density at radius 2 is 1.84 bits per heavy atom. The lowest BCUT2D eigenvalue weighted by Crippen LogP contribution is -2.18. The number of halogens is 1. The predicted octanol–water partition coefficient (Wildman–Crippen LogP) is 3.98. The van der Waals surface area contributed by atoms with E-state index < -0.39 is 0 Å². The van der Waals surface area contributed by atoms with Gasteiger partial charge >= 0.3 is 0 Å². The van der Waals surface area contributed by atoms with Crippen molar-refractivity contribution >= 4 is 21.6 Å². The lowest BCUT2D eigenvalue weighted by molar-refractivity contribution is 0.282. The summed E-state index contributed by atoms with van der Waals surface area (Å²) in [4.78, 5) is 0. The first kappa shape index (κ1) is 14.1. The summed E-state index contributed by atoms with van der Waals surface area (Å²) < 4.78 is 1.10. The number of hydrogen-bond donors (Lipinski definition) is 2. The molecule has 0 aliphatic heterocycles. The van der Waals surface area contributed by atoms with Crippen molar-refractivity contribution in [3.05, 3.63) is 64.1 Å². The van der Waals surface area contributed by atoms with Crippen LogP contribution in [0.5, 0.6) is 0 Å². The van der Waals surface area contributed by atoms with Gasteiger partial charge in [0.15, 0.2) is 0 Å². The molecule has 0 bridgehead atoms. The van der Waals surface area contributed by atoms with E-state index in [1.165, 1.54) is 5.56 Å². The van der Waals surface area contributed by atoms with Crippen LogP contribution in [-0.4, -0.2) is 11.1 Å². The molecule has 2 N–H and O–H groups in total. The fourth-order valence-electron chi connectivity index (χ4n) is 2.07. The van der Waals surface area contributed by atoms with E-state index in [4.69, 9.17) is 5.11 Å². The summed E-state index contributed by atoms with van der Waals surface area (Å²) >= 11 is 3.44.